The Labute approximate surface area is 113 Å². The lowest BCUT2D eigenvalue weighted by Gasteiger charge is -2.33. The van der Waals surface area contributed by atoms with Gasteiger partial charge >= 0.3 is 0 Å². The highest BCUT2D eigenvalue weighted by atomic mass is 15.0. The summed E-state index contributed by atoms with van der Waals surface area (Å²) in [6, 6.07) is 0. The fourth-order valence-corrected chi connectivity index (χ4v) is 3.66. The van der Waals surface area contributed by atoms with Gasteiger partial charge in [-0.2, -0.15) is 0 Å². The molecule has 0 aromatic carbocycles. The van der Waals surface area contributed by atoms with Crippen molar-refractivity contribution >= 4 is 0 Å². The van der Waals surface area contributed by atoms with Crippen LogP contribution < -0.4 is 11.1 Å². The van der Waals surface area contributed by atoms with Crippen LogP contribution in [0.5, 0.6) is 0 Å². The van der Waals surface area contributed by atoms with Gasteiger partial charge in [-0.3, -0.25) is 0 Å². The second kappa shape index (κ2) is 6.38. The molecule has 0 spiro atoms. The van der Waals surface area contributed by atoms with Gasteiger partial charge in [0.1, 0.15) is 0 Å². The van der Waals surface area contributed by atoms with Gasteiger partial charge in [0.25, 0.3) is 0 Å². The first-order valence-corrected chi connectivity index (χ1v) is 8.14. The predicted octanol–water partition coefficient (Wildman–Crippen LogP) is 3.31. The van der Waals surface area contributed by atoms with Crippen molar-refractivity contribution in [3.05, 3.63) is 0 Å². The molecule has 2 saturated carbocycles. The number of hydrogen-bond acceptors (Lipinski definition) is 2. The van der Waals surface area contributed by atoms with E-state index in [-0.39, 0.29) is 5.54 Å². The van der Waals surface area contributed by atoms with Crippen LogP contribution in [0.15, 0.2) is 0 Å². The van der Waals surface area contributed by atoms with Crippen molar-refractivity contribution in [3.63, 3.8) is 0 Å². The van der Waals surface area contributed by atoms with E-state index in [4.69, 9.17) is 5.73 Å². The summed E-state index contributed by atoms with van der Waals surface area (Å²) >= 11 is 0. The van der Waals surface area contributed by atoms with Crippen molar-refractivity contribution in [1.82, 2.24) is 5.32 Å². The molecule has 3 N–H and O–H groups in total. The average molecular weight is 252 g/mol. The third kappa shape index (κ3) is 3.71. The van der Waals surface area contributed by atoms with Crippen molar-refractivity contribution < 1.29 is 0 Å². The summed E-state index contributed by atoms with van der Waals surface area (Å²) in [5, 5.41) is 3.85. The van der Waals surface area contributed by atoms with Crippen LogP contribution in [0.2, 0.25) is 0 Å². The lowest BCUT2D eigenvalue weighted by Crippen LogP contribution is -2.51. The minimum Gasteiger partial charge on any atom is -0.329 e. The second-order valence-corrected chi connectivity index (χ2v) is 6.92. The molecule has 4 atom stereocenters. The zero-order valence-electron chi connectivity index (χ0n) is 12.4. The molecular formula is C16H32N2. The molecule has 106 valence electrons. The molecule has 18 heavy (non-hydrogen) atoms. The third-order valence-corrected chi connectivity index (χ3v) is 5.40. The summed E-state index contributed by atoms with van der Waals surface area (Å²) in [4.78, 5) is 0. The predicted molar refractivity (Wildman–Crippen MR) is 78.5 cm³/mol. The molecule has 0 heterocycles. The van der Waals surface area contributed by atoms with Gasteiger partial charge in [-0.1, -0.05) is 39.5 Å². The van der Waals surface area contributed by atoms with Crippen LogP contribution in [0.25, 0.3) is 0 Å². The molecule has 2 rings (SSSR count). The zero-order chi connectivity index (χ0) is 13.0. The number of hydrogen-bond donors (Lipinski definition) is 2. The lowest BCUT2D eigenvalue weighted by atomic mass is 9.88. The topological polar surface area (TPSA) is 38.0 Å². The highest BCUT2D eigenvalue weighted by Gasteiger charge is 2.36. The Morgan fingerprint density at radius 1 is 1.28 bits per heavy atom. The zero-order valence-corrected chi connectivity index (χ0v) is 12.4. The summed E-state index contributed by atoms with van der Waals surface area (Å²) in [5.41, 5.74) is 6.37. The summed E-state index contributed by atoms with van der Waals surface area (Å²) in [7, 11) is 0. The van der Waals surface area contributed by atoms with E-state index in [0.29, 0.717) is 0 Å². The molecule has 4 unspecified atom stereocenters. The van der Waals surface area contributed by atoms with Crippen molar-refractivity contribution in [1.29, 1.82) is 0 Å². The molecule has 0 radical (unpaired) electrons. The van der Waals surface area contributed by atoms with E-state index in [1.165, 1.54) is 57.9 Å². The minimum absolute atomic E-state index is 0.269. The van der Waals surface area contributed by atoms with Gasteiger partial charge in [0.2, 0.25) is 0 Å². The van der Waals surface area contributed by atoms with Crippen LogP contribution in [0.1, 0.15) is 65.2 Å². The van der Waals surface area contributed by atoms with E-state index in [9.17, 15) is 0 Å². The monoisotopic (exact) mass is 252 g/mol. The van der Waals surface area contributed by atoms with Gasteiger partial charge in [0.15, 0.2) is 0 Å². The SMILES string of the molecule is CCCC1CCCC(CN)(NCC2CC2C)CC1. The van der Waals surface area contributed by atoms with Crippen molar-refractivity contribution in [2.24, 2.45) is 23.5 Å². The molecule has 0 bridgehead atoms. The largest absolute Gasteiger partial charge is 0.329 e. The fraction of sp³-hybridized carbons (Fsp3) is 1.00. The highest BCUT2D eigenvalue weighted by Crippen LogP contribution is 2.38. The summed E-state index contributed by atoms with van der Waals surface area (Å²) < 4.78 is 0. The average Bonchev–Trinajstić information content (AvgIpc) is 3.11. The van der Waals surface area contributed by atoms with Gasteiger partial charge in [0, 0.05) is 12.1 Å². The van der Waals surface area contributed by atoms with E-state index < -0.39 is 0 Å². The fourth-order valence-electron chi connectivity index (χ4n) is 3.66. The Morgan fingerprint density at radius 2 is 2.06 bits per heavy atom. The Balaban J connectivity index is 1.82. The maximum absolute atomic E-state index is 6.11. The van der Waals surface area contributed by atoms with Crippen molar-refractivity contribution in [2.75, 3.05) is 13.1 Å². The lowest BCUT2D eigenvalue weighted by molar-refractivity contribution is 0.281. The summed E-state index contributed by atoms with van der Waals surface area (Å²) in [6.07, 6.45) is 11.0. The van der Waals surface area contributed by atoms with Crippen LogP contribution in [-0.4, -0.2) is 18.6 Å². The first-order valence-electron chi connectivity index (χ1n) is 8.14. The molecule has 0 aromatic heterocycles. The maximum atomic E-state index is 6.11. The molecule has 2 nitrogen and oxygen atoms in total. The smallest absolute Gasteiger partial charge is 0.0304 e. The molecule has 0 aromatic rings. The van der Waals surface area contributed by atoms with Gasteiger partial charge in [-0.25, -0.2) is 0 Å². The first-order chi connectivity index (χ1) is 8.69. The Bertz CT molecular complexity index is 253. The van der Waals surface area contributed by atoms with E-state index in [2.05, 4.69) is 19.2 Å². The van der Waals surface area contributed by atoms with E-state index in [0.717, 1.165) is 24.3 Å². The van der Waals surface area contributed by atoms with Crippen molar-refractivity contribution in [3.8, 4) is 0 Å². The number of rotatable bonds is 6. The number of nitrogens with two attached hydrogens (primary N) is 1. The van der Waals surface area contributed by atoms with E-state index in [1.54, 1.807) is 0 Å². The number of nitrogens with one attached hydrogen (secondary N) is 1. The van der Waals surface area contributed by atoms with Gasteiger partial charge in [0.05, 0.1) is 0 Å². The highest BCUT2D eigenvalue weighted by molar-refractivity contribution is 4.95. The second-order valence-electron chi connectivity index (χ2n) is 6.92. The molecule has 2 heteroatoms. The maximum Gasteiger partial charge on any atom is 0.0304 e. The van der Waals surface area contributed by atoms with Crippen LogP contribution in [0.4, 0.5) is 0 Å². The molecule has 2 fully saturated rings. The van der Waals surface area contributed by atoms with Crippen LogP contribution in [0.3, 0.4) is 0 Å². The van der Waals surface area contributed by atoms with E-state index in [1.807, 2.05) is 0 Å². The molecular weight excluding hydrogens is 220 g/mol. The van der Waals surface area contributed by atoms with Crippen LogP contribution in [0, 0.1) is 17.8 Å². The van der Waals surface area contributed by atoms with E-state index >= 15 is 0 Å². The summed E-state index contributed by atoms with van der Waals surface area (Å²) in [6.45, 7) is 6.71. The van der Waals surface area contributed by atoms with Crippen molar-refractivity contribution in [2.45, 2.75) is 70.8 Å². The third-order valence-electron chi connectivity index (χ3n) is 5.40. The molecule has 0 amide bonds. The van der Waals surface area contributed by atoms with Crippen LogP contribution in [-0.2, 0) is 0 Å². The molecule has 0 saturated heterocycles. The van der Waals surface area contributed by atoms with Gasteiger partial charge < -0.3 is 11.1 Å². The first kappa shape index (κ1) is 14.3. The normalized spacial score (nSPS) is 40.5. The minimum atomic E-state index is 0.269. The summed E-state index contributed by atoms with van der Waals surface area (Å²) in [5.74, 6) is 2.85. The Hall–Kier alpha value is -0.0800. The van der Waals surface area contributed by atoms with Crippen LogP contribution >= 0.6 is 0 Å². The van der Waals surface area contributed by atoms with Gasteiger partial charge in [-0.15, -0.1) is 0 Å². The Morgan fingerprint density at radius 3 is 2.67 bits per heavy atom. The standard InChI is InChI=1S/C16H32N2/c1-3-5-14-6-4-8-16(12-17,9-7-14)18-11-15-10-13(15)2/h13-15,18H,3-12,17H2,1-2H3. The molecule has 2 aliphatic rings. The molecule has 2 aliphatic carbocycles. The molecule has 0 aliphatic heterocycles. The quantitative estimate of drug-likeness (QED) is 0.712. The van der Waals surface area contributed by atoms with Gasteiger partial charge in [-0.05, 0) is 50.0 Å². The Kier molecular flexibility index (Phi) is 5.08.